The van der Waals surface area contributed by atoms with Crippen LogP contribution in [0.5, 0.6) is 0 Å². The van der Waals surface area contributed by atoms with Gasteiger partial charge in [0.05, 0.1) is 22.9 Å². The van der Waals surface area contributed by atoms with Crippen molar-refractivity contribution < 1.29 is 23.1 Å². The molecule has 0 aromatic heterocycles. The van der Waals surface area contributed by atoms with Crippen LogP contribution in [0, 0.1) is 5.92 Å². The molecule has 1 fully saturated rings. The van der Waals surface area contributed by atoms with E-state index in [1.807, 2.05) is 0 Å². The second-order valence-corrected chi connectivity index (χ2v) is 5.31. The van der Waals surface area contributed by atoms with Gasteiger partial charge in [0.15, 0.2) is 0 Å². The summed E-state index contributed by atoms with van der Waals surface area (Å²) in [6.45, 7) is 2.37. The number of nitrogen functional groups attached to an aromatic ring is 1. The number of alkyl halides is 3. The molecule has 1 aromatic carbocycles. The molecule has 0 saturated carbocycles. The standard InChI is InChI=1S/C14H17F3N2O2/c1-8(20)9-5-6-19(7-9)13(21)10-3-2-4-11(12(10)18)14(15,16)17/h2-4,8-9,20H,5-7,18H2,1H3. The summed E-state index contributed by atoms with van der Waals surface area (Å²) < 4.78 is 38.4. The molecule has 2 atom stereocenters. The number of benzene rings is 1. The Balaban J connectivity index is 2.25. The zero-order valence-electron chi connectivity index (χ0n) is 11.5. The van der Waals surface area contributed by atoms with E-state index in [9.17, 15) is 23.1 Å². The van der Waals surface area contributed by atoms with Gasteiger partial charge in [-0.3, -0.25) is 4.79 Å². The summed E-state index contributed by atoms with van der Waals surface area (Å²) in [6, 6.07) is 3.33. The molecule has 1 heterocycles. The van der Waals surface area contributed by atoms with E-state index in [0.29, 0.717) is 19.5 Å². The molecule has 3 N–H and O–H groups in total. The highest BCUT2D eigenvalue weighted by atomic mass is 19.4. The number of anilines is 1. The Labute approximate surface area is 120 Å². The number of amides is 1. The summed E-state index contributed by atoms with van der Waals surface area (Å²) in [4.78, 5) is 13.7. The predicted molar refractivity (Wildman–Crippen MR) is 71.5 cm³/mol. The average molecular weight is 302 g/mol. The number of likely N-dealkylation sites (tertiary alicyclic amines) is 1. The van der Waals surface area contributed by atoms with Gasteiger partial charge in [-0.15, -0.1) is 0 Å². The number of hydrogen-bond acceptors (Lipinski definition) is 3. The molecular weight excluding hydrogens is 285 g/mol. The summed E-state index contributed by atoms with van der Waals surface area (Å²) in [5.74, 6) is -0.581. The SMILES string of the molecule is CC(O)C1CCN(C(=O)c2cccc(C(F)(F)F)c2N)C1. The quantitative estimate of drug-likeness (QED) is 0.823. The third kappa shape index (κ3) is 3.12. The predicted octanol–water partition coefficient (Wildman–Crippen LogP) is 2.13. The minimum atomic E-state index is -4.59. The number of aliphatic hydroxyl groups excluding tert-OH is 1. The van der Waals surface area contributed by atoms with Gasteiger partial charge in [0.25, 0.3) is 5.91 Å². The molecule has 4 nitrogen and oxygen atoms in total. The number of halogens is 3. The van der Waals surface area contributed by atoms with Gasteiger partial charge >= 0.3 is 6.18 Å². The van der Waals surface area contributed by atoms with Gasteiger partial charge < -0.3 is 15.7 Å². The van der Waals surface area contributed by atoms with Crippen LogP contribution < -0.4 is 5.73 Å². The first-order valence-corrected chi connectivity index (χ1v) is 6.65. The number of aliphatic hydroxyl groups is 1. The molecule has 1 aliphatic rings. The van der Waals surface area contributed by atoms with Crippen LogP contribution in [0.1, 0.15) is 29.3 Å². The Morgan fingerprint density at radius 2 is 2.14 bits per heavy atom. The van der Waals surface area contributed by atoms with Crippen molar-refractivity contribution >= 4 is 11.6 Å². The molecule has 1 aliphatic heterocycles. The number of nitrogens with two attached hydrogens (primary N) is 1. The lowest BCUT2D eigenvalue weighted by Gasteiger charge is -2.20. The lowest BCUT2D eigenvalue weighted by atomic mass is 10.0. The number of carbonyl (C=O) groups is 1. The smallest absolute Gasteiger partial charge is 0.398 e. The Morgan fingerprint density at radius 3 is 2.67 bits per heavy atom. The van der Waals surface area contributed by atoms with Crippen LogP contribution >= 0.6 is 0 Å². The molecule has 0 aliphatic carbocycles. The van der Waals surface area contributed by atoms with Crippen LogP contribution in [0.4, 0.5) is 18.9 Å². The maximum absolute atomic E-state index is 12.8. The van der Waals surface area contributed by atoms with Crippen molar-refractivity contribution in [2.75, 3.05) is 18.8 Å². The molecule has 1 aromatic rings. The van der Waals surface area contributed by atoms with Crippen molar-refractivity contribution in [3.63, 3.8) is 0 Å². The summed E-state index contributed by atoms with van der Waals surface area (Å²) in [6.07, 6.45) is -4.52. The minimum absolute atomic E-state index is 0.0547. The fraction of sp³-hybridized carbons (Fsp3) is 0.500. The molecule has 0 bridgehead atoms. The fourth-order valence-electron chi connectivity index (χ4n) is 2.53. The number of para-hydroxylation sites is 1. The monoisotopic (exact) mass is 302 g/mol. The van der Waals surface area contributed by atoms with Gasteiger partial charge in [0.1, 0.15) is 0 Å². The zero-order valence-corrected chi connectivity index (χ0v) is 11.5. The summed E-state index contributed by atoms with van der Waals surface area (Å²) in [5.41, 5.74) is 3.83. The number of rotatable bonds is 2. The van der Waals surface area contributed by atoms with E-state index in [-0.39, 0.29) is 11.5 Å². The van der Waals surface area contributed by atoms with E-state index in [0.717, 1.165) is 6.07 Å². The van der Waals surface area contributed by atoms with E-state index < -0.39 is 29.4 Å². The van der Waals surface area contributed by atoms with Crippen LogP contribution in [0.2, 0.25) is 0 Å². The van der Waals surface area contributed by atoms with Gasteiger partial charge in [-0.2, -0.15) is 13.2 Å². The van der Waals surface area contributed by atoms with E-state index >= 15 is 0 Å². The molecule has 2 rings (SSSR count). The lowest BCUT2D eigenvalue weighted by molar-refractivity contribution is -0.136. The van der Waals surface area contributed by atoms with Crippen LogP contribution in [-0.2, 0) is 6.18 Å². The molecule has 0 spiro atoms. The molecule has 1 saturated heterocycles. The van der Waals surface area contributed by atoms with E-state index in [2.05, 4.69) is 0 Å². The van der Waals surface area contributed by atoms with Crippen LogP contribution in [0.3, 0.4) is 0 Å². The first-order valence-electron chi connectivity index (χ1n) is 6.65. The third-order valence-electron chi connectivity index (χ3n) is 3.84. The van der Waals surface area contributed by atoms with Gasteiger partial charge in [-0.25, -0.2) is 0 Å². The first-order chi connectivity index (χ1) is 9.71. The largest absolute Gasteiger partial charge is 0.418 e. The fourth-order valence-corrected chi connectivity index (χ4v) is 2.53. The molecule has 116 valence electrons. The van der Waals surface area contributed by atoms with Gasteiger partial charge in [-0.1, -0.05) is 6.07 Å². The second kappa shape index (κ2) is 5.55. The first kappa shape index (κ1) is 15.6. The molecule has 7 heteroatoms. The Kier molecular flexibility index (Phi) is 4.13. The van der Waals surface area contributed by atoms with Crippen molar-refractivity contribution in [2.24, 2.45) is 5.92 Å². The highest BCUT2D eigenvalue weighted by Crippen LogP contribution is 2.35. The Morgan fingerprint density at radius 1 is 1.48 bits per heavy atom. The summed E-state index contributed by atoms with van der Waals surface area (Å²) in [7, 11) is 0. The molecule has 21 heavy (non-hydrogen) atoms. The summed E-state index contributed by atoms with van der Waals surface area (Å²) in [5, 5.41) is 9.52. The Bertz CT molecular complexity index is 544. The van der Waals surface area contributed by atoms with E-state index in [4.69, 9.17) is 5.73 Å². The topological polar surface area (TPSA) is 66.6 Å². The number of carbonyl (C=O) groups excluding carboxylic acids is 1. The van der Waals surface area contributed by atoms with E-state index in [1.54, 1.807) is 6.92 Å². The molecule has 1 amide bonds. The molecule has 0 radical (unpaired) electrons. The maximum atomic E-state index is 12.8. The normalized spacial score (nSPS) is 20.6. The van der Waals surface area contributed by atoms with Crippen molar-refractivity contribution in [1.82, 2.24) is 4.90 Å². The highest BCUT2D eigenvalue weighted by Gasteiger charge is 2.36. The number of hydrogen-bond donors (Lipinski definition) is 2. The van der Waals surface area contributed by atoms with Crippen molar-refractivity contribution in [1.29, 1.82) is 0 Å². The van der Waals surface area contributed by atoms with Crippen molar-refractivity contribution in [2.45, 2.75) is 25.6 Å². The molecular formula is C14H17F3N2O2. The minimum Gasteiger partial charge on any atom is -0.398 e. The van der Waals surface area contributed by atoms with Crippen LogP contribution in [-0.4, -0.2) is 35.1 Å². The Hall–Kier alpha value is -1.76. The molecule has 2 unspecified atom stereocenters. The van der Waals surface area contributed by atoms with Gasteiger partial charge in [0, 0.05) is 19.0 Å². The number of nitrogens with zero attached hydrogens (tertiary/aromatic N) is 1. The summed E-state index contributed by atoms with van der Waals surface area (Å²) >= 11 is 0. The van der Waals surface area contributed by atoms with Crippen molar-refractivity contribution in [3.05, 3.63) is 29.3 Å². The van der Waals surface area contributed by atoms with Crippen LogP contribution in [0.25, 0.3) is 0 Å². The van der Waals surface area contributed by atoms with Crippen LogP contribution in [0.15, 0.2) is 18.2 Å². The third-order valence-corrected chi connectivity index (χ3v) is 3.84. The van der Waals surface area contributed by atoms with Gasteiger partial charge in [0.2, 0.25) is 0 Å². The second-order valence-electron chi connectivity index (χ2n) is 5.31. The highest BCUT2D eigenvalue weighted by molar-refractivity contribution is 6.00. The average Bonchev–Trinajstić information content (AvgIpc) is 2.86. The maximum Gasteiger partial charge on any atom is 0.418 e. The van der Waals surface area contributed by atoms with E-state index in [1.165, 1.54) is 17.0 Å². The van der Waals surface area contributed by atoms with Crippen molar-refractivity contribution in [3.8, 4) is 0 Å². The zero-order chi connectivity index (χ0) is 15.8. The lowest BCUT2D eigenvalue weighted by Crippen LogP contribution is -2.31. The van der Waals surface area contributed by atoms with Gasteiger partial charge in [-0.05, 0) is 25.5 Å².